The molecule has 148 valence electrons. The van der Waals surface area contributed by atoms with Crippen molar-refractivity contribution in [2.45, 2.75) is 6.36 Å². The summed E-state index contributed by atoms with van der Waals surface area (Å²) in [5, 5.41) is 3.39. The molecule has 0 aliphatic rings. The second-order valence-electron chi connectivity index (χ2n) is 4.75. The molecule has 12 heteroatoms. The number of nitrogens with one attached hydrogen (secondary N) is 1. The Morgan fingerprint density at radius 1 is 1.22 bits per heavy atom. The van der Waals surface area contributed by atoms with E-state index < -0.39 is 6.36 Å². The Morgan fingerprint density at radius 3 is 2.48 bits per heavy atom. The Hall–Kier alpha value is -1.66. The van der Waals surface area contributed by atoms with Crippen LogP contribution in [0.1, 0.15) is 0 Å². The second kappa shape index (κ2) is 10.6. The fraction of sp³-hybridized carbons (Fsp3) is 0.200. The van der Waals surface area contributed by atoms with Gasteiger partial charge in [-0.25, -0.2) is 9.98 Å². The fourth-order valence-corrected chi connectivity index (χ4v) is 2.18. The molecule has 0 fully saturated rings. The van der Waals surface area contributed by atoms with E-state index >= 15 is 0 Å². The molecule has 2 rings (SSSR count). The summed E-state index contributed by atoms with van der Waals surface area (Å²) >= 11 is 11.6. The van der Waals surface area contributed by atoms with Crippen LogP contribution in [0.2, 0.25) is 10.0 Å². The number of nitrogens with two attached hydrogens (primary N) is 1. The van der Waals surface area contributed by atoms with Crippen molar-refractivity contribution in [2.24, 2.45) is 10.7 Å². The number of nitrogens with zero attached hydrogens (tertiary/aromatic N) is 2. The maximum atomic E-state index is 12.1. The van der Waals surface area contributed by atoms with E-state index in [1.54, 1.807) is 0 Å². The first kappa shape index (κ1) is 23.4. The van der Waals surface area contributed by atoms with Gasteiger partial charge in [0.15, 0.2) is 5.96 Å². The largest absolute Gasteiger partial charge is 0.573 e. The standard InChI is InChI=1S/C15H13Cl2F3N4O2.HI/c16-9-7-12(17)13(23-8-9)25-6-5-22-14(21)24-10-1-3-11(4-2-10)26-15(18,19)20;/h1-4,7-8H,5-6H2,(H3,21,22,24);1H. The van der Waals surface area contributed by atoms with Crippen molar-refractivity contribution in [2.75, 3.05) is 18.5 Å². The molecule has 0 bridgehead atoms. The minimum Gasteiger partial charge on any atom is -0.475 e. The predicted octanol–water partition coefficient (Wildman–Crippen LogP) is 4.71. The third-order valence-corrected chi connectivity index (χ3v) is 3.22. The molecule has 0 unspecified atom stereocenters. The summed E-state index contributed by atoms with van der Waals surface area (Å²) in [6.45, 7) is 0.365. The van der Waals surface area contributed by atoms with Crippen LogP contribution in [0.25, 0.3) is 0 Å². The van der Waals surface area contributed by atoms with Crippen molar-refractivity contribution in [3.63, 3.8) is 0 Å². The van der Waals surface area contributed by atoms with E-state index in [0.29, 0.717) is 10.7 Å². The Kier molecular flexibility index (Phi) is 9.19. The molecule has 1 heterocycles. The van der Waals surface area contributed by atoms with Gasteiger partial charge in [0.2, 0.25) is 5.88 Å². The summed E-state index contributed by atoms with van der Waals surface area (Å²) in [5.41, 5.74) is 6.14. The average Bonchev–Trinajstić information content (AvgIpc) is 2.54. The topological polar surface area (TPSA) is 81.8 Å². The molecule has 6 nitrogen and oxygen atoms in total. The third-order valence-electron chi connectivity index (χ3n) is 2.75. The van der Waals surface area contributed by atoms with Gasteiger partial charge in [0.1, 0.15) is 17.4 Å². The number of pyridine rings is 1. The molecule has 0 spiro atoms. The SMILES string of the molecule is I.NC(=NCCOc1ncc(Cl)cc1Cl)Nc1ccc(OC(F)(F)F)cc1. The van der Waals surface area contributed by atoms with Gasteiger partial charge in [-0.15, -0.1) is 37.1 Å². The molecule has 0 saturated carbocycles. The molecular weight excluding hydrogens is 523 g/mol. The first-order valence-electron chi connectivity index (χ1n) is 7.09. The molecular formula is C15H14Cl2F3IN4O2. The van der Waals surface area contributed by atoms with Gasteiger partial charge in [-0.3, -0.25) is 0 Å². The third kappa shape index (κ3) is 8.71. The van der Waals surface area contributed by atoms with Crippen molar-refractivity contribution in [1.29, 1.82) is 0 Å². The molecule has 1 aromatic carbocycles. The first-order chi connectivity index (χ1) is 12.2. The minimum atomic E-state index is -4.74. The van der Waals surface area contributed by atoms with Gasteiger partial charge in [0.25, 0.3) is 0 Å². The number of guanidine groups is 1. The molecule has 2 aromatic rings. The van der Waals surface area contributed by atoms with Crippen LogP contribution in [0.5, 0.6) is 11.6 Å². The Morgan fingerprint density at radius 2 is 1.89 bits per heavy atom. The van der Waals surface area contributed by atoms with Crippen molar-refractivity contribution >= 4 is 58.8 Å². The normalized spacial score (nSPS) is 11.5. The monoisotopic (exact) mass is 536 g/mol. The zero-order valence-corrected chi connectivity index (χ0v) is 17.3. The Balaban J connectivity index is 0.00000364. The summed E-state index contributed by atoms with van der Waals surface area (Å²) in [6.07, 6.45) is -3.34. The summed E-state index contributed by atoms with van der Waals surface area (Å²) in [4.78, 5) is 7.94. The Labute approximate surface area is 179 Å². The molecule has 0 radical (unpaired) electrons. The zero-order chi connectivity index (χ0) is 19.2. The molecule has 0 amide bonds. The van der Waals surface area contributed by atoms with Crippen molar-refractivity contribution in [3.05, 3.63) is 46.6 Å². The maximum absolute atomic E-state index is 12.1. The number of hydrogen-bond acceptors (Lipinski definition) is 4. The van der Waals surface area contributed by atoms with Crippen LogP contribution in [-0.4, -0.2) is 30.5 Å². The quantitative estimate of drug-likeness (QED) is 0.242. The van der Waals surface area contributed by atoms with E-state index in [0.717, 1.165) is 12.1 Å². The van der Waals surface area contributed by atoms with Gasteiger partial charge in [-0.1, -0.05) is 23.2 Å². The molecule has 1 aromatic heterocycles. The lowest BCUT2D eigenvalue weighted by Gasteiger charge is -2.10. The maximum Gasteiger partial charge on any atom is 0.573 e. The molecule has 0 aliphatic carbocycles. The lowest BCUT2D eigenvalue weighted by molar-refractivity contribution is -0.274. The second-order valence-corrected chi connectivity index (χ2v) is 5.60. The number of aromatic nitrogens is 1. The highest BCUT2D eigenvalue weighted by Gasteiger charge is 2.30. The number of halogens is 6. The van der Waals surface area contributed by atoms with E-state index in [9.17, 15) is 13.2 Å². The van der Waals surface area contributed by atoms with Crippen molar-refractivity contribution in [1.82, 2.24) is 4.98 Å². The number of ether oxygens (including phenoxy) is 2. The van der Waals surface area contributed by atoms with Crippen LogP contribution in [0.15, 0.2) is 41.5 Å². The smallest absolute Gasteiger partial charge is 0.475 e. The van der Waals surface area contributed by atoms with Crippen LogP contribution in [0.3, 0.4) is 0 Å². The lowest BCUT2D eigenvalue weighted by atomic mass is 10.3. The Bertz CT molecular complexity index is 777. The summed E-state index contributed by atoms with van der Waals surface area (Å²) < 4.78 is 45.4. The zero-order valence-electron chi connectivity index (χ0n) is 13.5. The van der Waals surface area contributed by atoms with E-state index in [2.05, 4.69) is 20.0 Å². The predicted molar refractivity (Wildman–Crippen MR) is 108 cm³/mol. The highest BCUT2D eigenvalue weighted by atomic mass is 127. The first-order valence-corrected chi connectivity index (χ1v) is 7.85. The van der Waals surface area contributed by atoms with E-state index in [1.807, 2.05) is 0 Å². The summed E-state index contributed by atoms with van der Waals surface area (Å²) in [5.74, 6) is -0.0504. The number of benzene rings is 1. The van der Waals surface area contributed by atoms with E-state index in [1.165, 1.54) is 24.4 Å². The van der Waals surface area contributed by atoms with E-state index in [4.69, 9.17) is 33.7 Å². The van der Waals surface area contributed by atoms with Gasteiger partial charge < -0.3 is 20.5 Å². The molecule has 27 heavy (non-hydrogen) atoms. The van der Waals surface area contributed by atoms with Gasteiger partial charge in [-0.05, 0) is 30.3 Å². The van der Waals surface area contributed by atoms with Crippen molar-refractivity contribution < 1.29 is 22.6 Å². The number of alkyl halides is 3. The van der Waals surface area contributed by atoms with Crippen LogP contribution >= 0.6 is 47.2 Å². The molecule has 3 N–H and O–H groups in total. The van der Waals surface area contributed by atoms with Crippen molar-refractivity contribution in [3.8, 4) is 11.6 Å². The van der Waals surface area contributed by atoms with Crippen LogP contribution in [-0.2, 0) is 0 Å². The van der Waals surface area contributed by atoms with Gasteiger partial charge in [-0.2, -0.15) is 0 Å². The highest BCUT2D eigenvalue weighted by Crippen LogP contribution is 2.25. The lowest BCUT2D eigenvalue weighted by Crippen LogP contribution is -2.23. The number of anilines is 1. The molecule has 0 saturated heterocycles. The van der Waals surface area contributed by atoms with Gasteiger partial charge in [0.05, 0.1) is 11.6 Å². The molecule has 0 atom stereocenters. The summed E-state index contributed by atoms with van der Waals surface area (Å²) in [6, 6.07) is 6.55. The average molecular weight is 537 g/mol. The number of hydrogen-bond donors (Lipinski definition) is 2. The molecule has 0 aliphatic heterocycles. The highest BCUT2D eigenvalue weighted by molar-refractivity contribution is 14.0. The number of aliphatic imine (C=N–C) groups is 1. The van der Waals surface area contributed by atoms with E-state index in [-0.39, 0.29) is 59.7 Å². The van der Waals surface area contributed by atoms with Crippen LogP contribution in [0, 0.1) is 0 Å². The number of rotatable bonds is 6. The van der Waals surface area contributed by atoms with Crippen LogP contribution < -0.4 is 20.5 Å². The van der Waals surface area contributed by atoms with Gasteiger partial charge in [0, 0.05) is 11.9 Å². The van der Waals surface area contributed by atoms with Gasteiger partial charge >= 0.3 is 6.36 Å². The van der Waals surface area contributed by atoms with Crippen LogP contribution in [0.4, 0.5) is 18.9 Å². The fourth-order valence-electron chi connectivity index (χ4n) is 1.74. The summed E-state index contributed by atoms with van der Waals surface area (Å²) in [7, 11) is 0. The minimum absolute atomic E-state index is 0.